The van der Waals surface area contributed by atoms with E-state index in [2.05, 4.69) is 4.74 Å². The molecule has 0 bridgehead atoms. The molecular weight excluding hydrogens is 208 g/mol. The minimum Gasteiger partial charge on any atom is -0.458 e. The van der Waals surface area contributed by atoms with Gasteiger partial charge in [-0.25, -0.2) is 0 Å². The summed E-state index contributed by atoms with van der Waals surface area (Å²) in [5, 5.41) is 0. The molecule has 1 aromatic rings. The van der Waals surface area contributed by atoms with E-state index < -0.39 is 0 Å². The molecule has 0 saturated carbocycles. The Morgan fingerprint density at radius 2 is 1.94 bits per heavy atom. The third-order valence-corrected chi connectivity index (χ3v) is 2.39. The molecular formula is C12H18O4. The van der Waals surface area contributed by atoms with Crippen LogP contribution in [0, 0.1) is 0 Å². The smallest absolute Gasteiger partial charge is 0.185 e. The lowest BCUT2D eigenvalue weighted by molar-refractivity contribution is 0.0802. The van der Waals surface area contributed by atoms with E-state index >= 15 is 0 Å². The summed E-state index contributed by atoms with van der Waals surface area (Å²) in [6, 6.07) is 3.61. The molecule has 16 heavy (non-hydrogen) atoms. The van der Waals surface area contributed by atoms with Crippen LogP contribution in [0.25, 0.3) is 0 Å². The molecule has 0 spiro atoms. The first-order valence-corrected chi connectivity index (χ1v) is 5.34. The van der Waals surface area contributed by atoms with Gasteiger partial charge < -0.3 is 13.9 Å². The van der Waals surface area contributed by atoms with Gasteiger partial charge in [-0.3, -0.25) is 4.79 Å². The SMILES string of the molecule is COC.O=Cc1ccc(C2CCOCC2)o1. The highest BCUT2D eigenvalue weighted by molar-refractivity contribution is 5.70. The lowest BCUT2D eigenvalue weighted by atomic mass is 9.98. The second-order valence-corrected chi connectivity index (χ2v) is 3.65. The molecule has 4 nitrogen and oxygen atoms in total. The number of carbonyl (C=O) groups excluding carboxylic acids is 1. The summed E-state index contributed by atoms with van der Waals surface area (Å²) in [5.41, 5.74) is 0. The number of carbonyl (C=O) groups is 1. The Morgan fingerprint density at radius 1 is 1.31 bits per heavy atom. The average Bonchev–Trinajstić information content (AvgIpc) is 2.80. The summed E-state index contributed by atoms with van der Waals surface area (Å²) >= 11 is 0. The van der Waals surface area contributed by atoms with Crippen molar-refractivity contribution in [3.63, 3.8) is 0 Å². The normalized spacial score (nSPS) is 16.4. The molecule has 0 aromatic carbocycles. The van der Waals surface area contributed by atoms with Crippen molar-refractivity contribution in [3.8, 4) is 0 Å². The second-order valence-electron chi connectivity index (χ2n) is 3.65. The quantitative estimate of drug-likeness (QED) is 0.726. The minimum absolute atomic E-state index is 0.418. The molecule has 0 amide bonds. The van der Waals surface area contributed by atoms with Crippen molar-refractivity contribution >= 4 is 6.29 Å². The van der Waals surface area contributed by atoms with Gasteiger partial charge in [-0.15, -0.1) is 0 Å². The molecule has 0 unspecified atom stereocenters. The van der Waals surface area contributed by atoms with E-state index in [1.54, 1.807) is 20.3 Å². The van der Waals surface area contributed by atoms with Gasteiger partial charge in [-0.1, -0.05) is 0 Å². The van der Waals surface area contributed by atoms with E-state index in [0.29, 0.717) is 11.7 Å². The summed E-state index contributed by atoms with van der Waals surface area (Å²) in [6.07, 6.45) is 2.72. The Morgan fingerprint density at radius 3 is 2.44 bits per heavy atom. The van der Waals surface area contributed by atoms with Crippen LogP contribution in [0.4, 0.5) is 0 Å². The second kappa shape index (κ2) is 7.19. The molecule has 0 aliphatic carbocycles. The molecule has 1 aliphatic heterocycles. The van der Waals surface area contributed by atoms with Gasteiger partial charge in [0.1, 0.15) is 5.76 Å². The number of methoxy groups -OCH3 is 1. The lowest BCUT2D eigenvalue weighted by Crippen LogP contribution is -2.13. The highest BCUT2D eigenvalue weighted by Gasteiger charge is 2.18. The zero-order valence-corrected chi connectivity index (χ0v) is 9.77. The Bertz CT molecular complexity index is 300. The van der Waals surface area contributed by atoms with E-state index in [1.165, 1.54) is 0 Å². The predicted octanol–water partition coefficient (Wildman–Crippen LogP) is 2.25. The van der Waals surface area contributed by atoms with Crippen LogP contribution in [0.1, 0.15) is 35.1 Å². The molecule has 1 saturated heterocycles. The first kappa shape index (κ1) is 12.9. The number of aldehydes is 1. The van der Waals surface area contributed by atoms with Crippen LogP contribution in [0.15, 0.2) is 16.5 Å². The van der Waals surface area contributed by atoms with Gasteiger partial charge in [-0.05, 0) is 25.0 Å². The van der Waals surface area contributed by atoms with Crippen molar-refractivity contribution < 1.29 is 18.7 Å². The molecule has 90 valence electrons. The summed E-state index contributed by atoms with van der Waals surface area (Å²) in [4.78, 5) is 10.4. The topological polar surface area (TPSA) is 48.7 Å². The number of ether oxygens (including phenoxy) is 2. The maximum Gasteiger partial charge on any atom is 0.185 e. The molecule has 4 heteroatoms. The van der Waals surface area contributed by atoms with Crippen LogP contribution < -0.4 is 0 Å². The van der Waals surface area contributed by atoms with Crippen LogP contribution in [-0.4, -0.2) is 33.7 Å². The van der Waals surface area contributed by atoms with Crippen molar-refractivity contribution in [2.75, 3.05) is 27.4 Å². The Kier molecular flexibility index (Phi) is 5.82. The zero-order valence-electron chi connectivity index (χ0n) is 9.77. The Hall–Kier alpha value is -1.13. The van der Waals surface area contributed by atoms with E-state index in [4.69, 9.17) is 9.15 Å². The first-order chi connectivity index (χ1) is 7.81. The number of furan rings is 1. The summed E-state index contributed by atoms with van der Waals surface area (Å²) in [5.74, 6) is 1.77. The van der Waals surface area contributed by atoms with Crippen molar-refractivity contribution in [1.29, 1.82) is 0 Å². The van der Waals surface area contributed by atoms with Crippen molar-refractivity contribution in [1.82, 2.24) is 0 Å². The highest BCUT2D eigenvalue weighted by Crippen LogP contribution is 2.27. The van der Waals surface area contributed by atoms with E-state index in [1.807, 2.05) is 6.07 Å². The third kappa shape index (κ3) is 3.79. The standard InChI is InChI=1S/C10H12O3.C2H6O/c11-7-9-1-2-10(13-9)8-3-5-12-6-4-8;1-3-2/h1-2,7-8H,3-6H2;1-2H3. The first-order valence-electron chi connectivity index (χ1n) is 5.34. The highest BCUT2D eigenvalue weighted by atomic mass is 16.5. The van der Waals surface area contributed by atoms with Crippen LogP contribution in [-0.2, 0) is 9.47 Å². The third-order valence-electron chi connectivity index (χ3n) is 2.39. The Balaban J connectivity index is 0.000000386. The van der Waals surface area contributed by atoms with Gasteiger partial charge in [0.25, 0.3) is 0 Å². The molecule has 1 aliphatic rings. The maximum atomic E-state index is 10.4. The van der Waals surface area contributed by atoms with Crippen LogP contribution in [0.3, 0.4) is 0 Å². The number of hydrogen-bond acceptors (Lipinski definition) is 4. The van der Waals surface area contributed by atoms with E-state index in [-0.39, 0.29) is 0 Å². The summed E-state index contributed by atoms with van der Waals surface area (Å²) < 4.78 is 14.8. The van der Waals surface area contributed by atoms with Gasteiger partial charge in [0, 0.05) is 33.4 Å². The maximum absolute atomic E-state index is 10.4. The Labute approximate surface area is 95.5 Å². The summed E-state index contributed by atoms with van der Waals surface area (Å²) in [7, 11) is 3.25. The number of hydrogen-bond donors (Lipinski definition) is 0. The molecule has 0 N–H and O–H groups in total. The van der Waals surface area contributed by atoms with Crippen LogP contribution in [0.2, 0.25) is 0 Å². The molecule has 1 fully saturated rings. The monoisotopic (exact) mass is 226 g/mol. The summed E-state index contributed by atoms with van der Waals surface area (Å²) in [6.45, 7) is 1.59. The van der Waals surface area contributed by atoms with Gasteiger partial charge in [0.15, 0.2) is 12.0 Å². The van der Waals surface area contributed by atoms with Gasteiger partial charge in [0.2, 0.25) is 0 Å². The number of rotatable bonds is 2. The largest absolute Gasteiger partial charge is 0.458 e. The van der Waals surface area contributed by atoms with Crippen molar-refractivity contribution in [3.05, 3.63) is 23.7 Å². The predicted molar refractivity (Wildman–Crippen MR) is 59.8 cm³/mol. The fourth-order valence-corrected chi connectivity index (χ4v) is 1.63. The van der Waals surface area contributed by atoms with E-state index in [9.17, 15) is 4.79 Å². The van der Waals surface area contributed by atoms with Crippen molar-refractivity contribution in [2.24, 2.45) is 0 Å². The molecule has 2 rings (SSSR count). The van der Waals surface area contributed by atoms with Gasteiger partial charge in [0.05, 0.1) is 0 Å². The van der Waals surface area contributed by atoms with Gasteiger partial charge >= 0.3 is 0 Å². The minimum atomic E-state index is 0.418. The lowest BCUT2D eigenvalue weighted by Gasteiger charge is -2.19. The molecule has 1 aromatic heterocycles. The fourth-order valence-electron chi connectivity index (χ4n) is 1.63. The van der Waals surface area contributed by atoms with E-state index in [0.717, 1.165) is 38.1 Å². The molecule has 0 radical (unpaired) electrons. The van der Waals surface area contributed by atoms with Gasteiger partial charge in [-0.2, -0.15) is 0 Å². The molecule has 2 heterocycles. The van der Waals surface area contributed by atoms with Crippen LogP contribution >= 0.6 is 0 Å². The van der Waals surface area contributed by atoms with Crippen molar-refractivity contribution in [2.45, 2.75) is 18.8 Å². The fraction of sp³-hybridized carbons (Fsp3) is 0.583. The average molecular weight is 226 g/mol. The molecule has 0 atom stereocenters. The van der Waals surface area contributed by atoms with Crippen LogP contribution in [0.5, 0.6) is 0 Å². The zero-order chi connectivity index (χ0) is 11.8.